The van der Waals surface area contributed by atoms with Crippen LogP contribution in [0.15, 0.2) is 12.4 Å². The summed E-state index contributed by atoms with van der Waals surface area (Å²) in [4.78, 5) is 7.85. The van der Waals surface area contributed by atoms with Gasteiger partial charge in [0.1, 0.15) is 6.10 Å². The number of nitrogens with zero attached hydrogens (tertiary/aromatic N) is 2. The molecule has 0 amide bonds. The van der Waals surface area contributed by atoms with Crippen molar-refractivity contribution < 1.29 is 4.74 Å². The minimum absolute atomic E-state index is 0.0919. The number of aromatic nitrogens is 2. The first-order valence-corrected chi connectivity index (χ1v) is 4.62. The summed E-state index contributed by atoms with van der Waals surface area (Å²) in [6, 6.07) is 0. The molecule has 0 aliphatic rings. The van der Waals surface area contributed by atoms with Crippen LogP contribution in [0.2, 0.25) is 5.15 Å². The van der Waals surface area contributed by atoms with E-state index in [9.17, 15) is 0 Å². The fourth-order valence-electron chi connectivity index (χ4n) is 0.700. The smallest absolute Gasteiger partial charge is 0.252 e. The van der Waals surface area contributed by atoms with Crippen molar-refractivity contribution in [2.24, 2.45) is 5.92 Å². The minimum atomic E-state index is 0.0919. The quantitative estimate of drug-likeness (QED) is 0.752. The van der Waals surface area contributed by atoms with Crippen LogP contribution in [0.3, 0.4) is 0 Å². The number of rotatable bonds is 3. The summed E-state index contributed by atoms with van der Waals surface area (Å²) in [6.45, 7) is 6.14. The highest BCUT2D eigenvalue weighted by Gasteiger charge is 2.11. The monoisotopic (exact) mass is 200 g/mol. The summed E-state index contributed by atoms with van der Waals surface area (Å²) in [5, 5.41) is 0.315. The third-order valence-electron chi connectivity index (χ3n) is 1.86. The zero-order valence-corrected chi connectivity index (χ0v) is 8.75. The number of hydrogen-bond donors (Lipinski definition) is 0. The summed E-state index contributed by atoms with van der Waals surface area (Å²) < 4.78 is 5.50. The van der Waals surface area contributed by atoms with E-state index in [-0.39, 0.29) is 6.10 Å². The molecule has 3 nitrogen and oxygen atoms in total. The van der Waals surface area contributed by atoms with Crippen molar-refractivity contribution in [3.8, 4) is 5.88 Å². The largest absolute Gasteiger partial charge is 0.472 e. The van der Waals surface area contributed by atoms with Crippen LogP contribution in [0.1, 0.15) is 20.8 Å². The molecular weight excluding hydrogens is 188 g/mol. The molecule has 0 aliphatic carbocycles. The predicted octanol–water partition coefficient (Wildman–Crippen LogP) is 2.55. The van der Waals surface area contributed by atoms with Crippen molar-refractivity contribution in [1.29, 1.82) is 0 Å². The Morgan fingerprint density at radius 3 is 2.38 bits per heavy atom. The number of halogens is 1. The minimum Gasteiger partial charge on any atom is -0.472 e. The lowest BCUT2D eigenvalue weighted by molar-refractivity contribution is 0.163. The Balaban J connectivity index is 2.69. The molecular formula is C9H13ClN2O. The summed E-state index contributed by atoms with van der Waals surface area (Å²) >= 11 is 5.77. The molecule has 1 atom stereocenters. The van der Waals surface area contributed by atoms with Crippen LogP contribution >= 0.6 is 11.6 Å². The fraction of sp³-hybridized carbons (Fsp3) is 0.556. The Morgan fingerprint density at radius 1 is 1.23 bits per heavy atom. The van der Waals surface area contributed by atoms with Gasteiger partial charge in [0.15, 0.2) is 5.15 Å². The van der Waals surface area contributed by atoms with Gasteiger partial charge in [-0.05, 0) is 12.8 Å². The highest BCUT2D eigenvalue weighted by Crippen LogP contribution is 2.20. The van der Waals surface area contributed by atoms with Gasteiger partial charge in [0.05, 0.1) is 0 Å². The fourth-order valence-corrected chi connectivity index (χ4v) is 0.849. The standard InChI is InChI=1S/C9H13ClN2O/c1-6(2)7(3)13-9-8(10)11-4-5-12-9/h4-7H,1-3H3. The zero-order chi connectivity index (χ0) is 9.84. The van der Waals surface area contributed by atoms with Crippen LogP contribution in [0, 0.1) is 5.92 Å². The molecule has 0 spiro atoms. The normalized spacial score (nSPS) is 13.0. The van der Waals surface area contributed by atoms with Crippen molar-refractivity contribution in [1.82, 2.24) is 9.97 Å². The second-order valence-corrected chi connectivity index (χ2v) is 3.58. The average Bonchev–Trinajstić information content (AvgIpc) is 2.08. The van der Waals surface area contributed by atoms with E-state index in [0.29, 0.717) is 17.0 Å². The molecule has 13 heavy (non-hydrogen) atoms. The first kappa shape index (κ1) is 10.3. The SMILES string of the molecule is CC(C)C(C)Oc1nccnc1Cl. The maximum absolute atomic E-state index is 5.77. The van der Waals surface area contributed by atoms with Crippen LogP contribution in [0.25, 0.3) is 0 Å². The first-order chi connectivity index (χ1) is 6.11. The van der Waals surface area contributed by atoms with Gasteiger partial charge < -0.3 is 4.74 Å². The van der Waals surface area contributed by atoms with E-state index in [1.807, 2.05) is 6.92 Å². The summed E-state index contributed by atoms with van der Waals surface area (Å²) in [6.07, 6.45) is 3.19. The van der Waals surface area contributed by atoms with Gasteiger partial charge >= 0.3 is 0 Å². The number of ether oxygens (including phenoxy) is 1. The van der Waals surface area contributed by atoms with Crippen molar-refractivity contribution in [3.63, 3.8) is 0 Å². The summed E-state index contributed by atoms with van der Waals surface area (Å²) in [5.74, 6) is 0.837. The Morgan fingerprint density at radius 2 is 1.85 bits per heavy atom. The molecule has 0 saturated heterocycles. The van der Waals surface area contributed by atoms with Crippen LogP contribution in [-0.2, 0) is 0 Å². The molecule has 0 saturated carbocycles. The van der Waals surface area contributed by atoms with Crippen LogP contribution in [-0.4, -0.2) is 16.1 Å². The highest BCUT2D eigenvalue weighted by atomic mass is 35.5. The third kappa shape index (κ3) is 2.84. The Bertz CT molecular complexity index is 278. The highest BCUT2D eigenvalue weighted by molar-refractivity contribution is 6.30. The molecule has 1 rings (SSSR count). The van der Waals surface area contributed by atoms with Crippen molar-refractivity contribution in [2.45, 2.75) is 26.9 Å². The van der Waals surface area contributed by atoms with Crippen LogP contribution in [0.5, 0.6) is 5.88 Å². The summed E-state index contributed by atoms with van der Waals surface area (Å²) in [7, 11) is 0. The van der Waals surface area contributed by atoms with Gasteiger partial charge in [-0.15, -0.1) is 0 Å². The average molecular weight is 201 g/mol. The molecule has 1 unspecified atom stereocenters. The molecule has 72 valence electrons. The van der Waals surface area contributed by atoms with E-state index in [1.54, 1.807) is 6.20 Å². The van der Waals surface area contributed by atoms with Gasteiger partial charge in [-0.25, -0.2) is 9.97 Å². The first-order valence-electron chi connectivity index (χ1n) is 4.24. The second kappa shape index (κ2) is 4.42. The van der Waals surface area contributed by atoms with Crippen LogP contribution < -0.4 is 4.74 Å². The van der Waals surface area contributed by atoms with E-state index in [1.165, 1.54) is 6.20 Å². The molecule has 0 aromatic carbocycles. The van der Waals surface area contributed by atoms with Gasteiger partial charge in [-0.2, -0.15) is 0 Å². The summed E-state index contributed by atoms with van der Waals surface area (Å²) in [5.41, 5.74) is 0. The van der Waals surface area contributed by atoms with Gasteiger partial charge in [-0.1, -0.05) is 25.4 Å². The molecule has 0 radical (unpaired) electrons. The molecule has 1 aromatic heterocycles. The Labute approximate surface area is 83.1 Å². The van der Waals surface area contributed by atoms with Gasteiger partial charge in [0.25, 0.3) is 5.88 Å². The maximum Gasteiger partial charge on any atom is 0.252 e. The van der Waals surface area contributed by atoms with Gasteiger partial charge in [0, 0.05) is 12.4 Å². The lowest BCUT2D eigenvalue weighted by Gasteiger charge is -2.17. The molecule has 0 N–H and O–H groups in total. The van der Waals surface area contributed by atoms with Crippen molar-refractivity contribution >= 4 is 11.6 Å². The van der Waals surface area contributed by atoms with E-state index in [2.05, 4.69) is 23.8 Å². The van der Waals surface area contributed by atoms with E-state index in [4.69, 9.17) is 16.3 Å². The predicted molar refractivity (Wildman–Crippen MR) is 52.0 cm³/mol. The molecule has 0 bridgehead atoms. The molecule has 0 aliphatic heterocycles. The molecule has 1 heterocycles. The lowest BCUT2D eigenvalue weighted by atomic mass is 10.1. The number of hydrogen-bond acceptors (Lipinski definition) is 3. The molecule has 1 aromatic rings. The van der Waals surface area contributed by atoms with E-state index < -0.39 is 0 Å². The van der Waals surface area contributed by atoms with Crippen molar-refractivity contribution in [3.05, 3.63) is 17.5 Å². The van der Waals surface area contributed by atoms with Crippen molar-refractivity contribution in [2.75, 3.05) is 0 Å². The van der Waals surface area contributed by atoms with Crippen LogP contribution in [0.4, 0.5) is 0 Å². The Kier molecular flexibility index (Phi) is 3.48. The molecule has 0 fully saturated rings. The third-order valence-corrected chi connectivity index (χ3v) is 2.12. The van der Waals surface area contributed by atoms with Gasteiger partial charge in [-0.3, -0.25) is 0 Å². The van der Waals surface area contributed by atoms with Gasteiger partial charge in [0.2, 0.25) is 0 Å². The maximum atomic E-state index is 5.77. The second-order valence-electron chi connectivity index (χ2n) is 3.22. The Hall–Kier alpha value is -0.830. The lowest BCUT2D eigenvalue weighted by Crippen LogP contribution is -2.19. The van der Waals surface area contributed by atoms with E-state index in [0.717, 1.165) is 0 Å². The van der Waals surface area contributed by atoms with E-state index >= 15 is 0 Å². The zero-order valence-electron chi connectivity index (χ0n) is 7.99. The topological polar surface area (TPSA) is 35.0 Å². The molecule has 4 heteroatoms.